The summed E-state index contributed by atoms with van der Waals surface area (Å²) in [5.74, 6) is 0. The number of thioether (sulfide) groups is 1. The molecule has 5 aromatic carbocycles. The Morgan fingerprint density at radius 2 is 1.53 bits per heavy atom. The summed E-state index contributed by atoms with van der Waals surface area (Å²) < 4.78 is 0. The van der Waals surface area contributed by atoms with E-state index < -0.39 is 0 Å². The zero-order valence-electron chi connectivity index (χ0n) is 31.2. The Bertz CT molecular complexity index is 2350. The van der Waals surface area contributed by atoms with Crippen LogP contribution in [0.25, 0.3) is 56.5 Å². The predicted molar refractivity (Wildman–Crippen MR) is 240 cm³/mol. The van der Waals surface area contributed by atoms with E-state index in [1.165, 1.54) is 71.6 Å². The first-order valence-corrected chi connectivity index (χ1v) is 19.8. The van der Waals surface area contributed by atoms with E-state index in [9.17, 15) is 0 Å². The van der Waals surface area contributed by atoms with E-state index in [1.807, 2.05) is 13.1 Å². The van der Waals surface area contributed by atoms with Crippen LogP contribution in [0.15, 0.2) is 175 Å². The Hall–Kier alpha value is -5.57. The van der Waals surface area contributed by atoms with Gasteiger partial charge in [-0.1, -0.05) is 172 Å². The maximum Gasteiger partial charge on any atom is 0.0417 e. The SMILES string of the molecule is C=Cc1c(/C=C\C/C=C\C(=C/CC)c2ccc(NC)c(-c3ccccc3/C=C\C=C(/C(=C)SC)C3=CCCC=C3)c2)c2ccccc2c2ccccc12. The number of hydrogen-bond acceptors (Lipinski definition) is 2. The minimum atomic E-state index is 0.818. The zero-order valence-corrected chi connectivity index (χ0v) is 32.1. The highest BCUT2D eigenvalue weighted by atomic mass is 32.2. The van der Waals surface area contributed by atoms with Crippen LogP contribution >= 0.6 is 11.8 Å². The van der Waals surface area contributed by atoms with Gasteiger partial charge in [-0.2, -0.15) is 0 Å². The molecule has 1 N–H and O–H groups in total. The van der Waals surface area contributed by atoms with Crippen molar-refractivity contribution in [3.63, 3.8) is 0 Å². The standard InChI is InChI=1S/C51H49NS/c1-6-21-38(22-10-9-13-28-45-42(7-2)46-29-16-17-30-48(46)49-32-19-18-31-47(45)49)41-34-35-51(52-4)50(36-41)44-27-15-14-25-40(44)26-20-33-43(37(3)53-5)39-23-11-8-12-24-39/h7,10-11,13-36,52H,2-3,6,8-9,12H2,1,4-5H3/b22-10-,26-20-,28-13-,38-21+,43-33+. The van der Waals surface area contributed by atoms with Crippen LogP contribution in [0.1, 0.15) is 54.9 Å². The molecule has 0 amide bonds. The summed E-state index contributed by atoms with van der Waals surface area (Å²) in [5.41, 5.74) is 11.9. The lowest BCUT2D eigenvalue weighted by Gasteiger charge is -2.15. The van der Waals surface area contributed by atoms with Crippen LogP contribution in [0.2, 0.25) is 0 Å². The van der Waals surface area contributed by atoms with Crippen LogP contribution in [0.5, 0.6) is 0 Å². The highest BCUT2D eigenvalue weighted by Gasteiger charge is 2.12. The summed E-state index contributed by atoms with van der Waals surface area (Å²) in [6.45, 7) is 10.7. The maximum absolute atomic E-state index is 4.34. The van der Waals surface area contributed by atoms with Crippen molar-refractivity contribution in [2.45, 2.75) is 32.6 Å². The molecule has 53 heavy (non-hydrogen) atoms. The molecule has 1 aliphatic rings. The first kappa shape index (κ1) is 37.2. The summed E-state index contributed by atoms with van der Waals surface area (Å²) in [4.78, 5) is 1.08. The molecule has 1 aliphatic carbocycles. The first-order chi connectivity index (χ1) is 26.1. The van der Waals surface area contributed by atoms with Gasteiger partial charge in [0.2, 0.25) is 0 Å². The molecule has 0 saturated heterocycles. The summed E-state index contributed by atoms with van der Waals surface area (Å²) in [7, 11) is 2.00. The molecule has 0 bridgehead atoms. The van der Waals surface area contributed by atoms with Crippen LogP contribution in [-0.2, 0) is 0 Å². The number of rotatable bonds is 14. The average molecular weight is 708 g/mol. The Kier molecular flexibility index (Phi) is 12.8. The quantitative estimate of drug-likeness (QED) is 0.0911. The van der Waals surface area contributed by atoms with Gasteiger partial charge in [0.1, 0.15) is 0 Å². The van der Waals surface area contributed by atoms with E-state index in [0.29, 0.717) is 0 Å². The van der Waals surface area contributed by atoms with Gasteiger partial charge in [0.15, 0.2) is 0 Å². The number of hydrogen-bond donors (Lipinski definition) is 1. The second kappa shape index (κ2) is 18.3. The van der Waals surface area contributed by atoms with E-state index in [0.717, 1.165) is 36.3 Å². The van der Waals surface area contributed by atoms with Crippen molar-refractivity contribution < 1.29 is 0 Å². The van der Waals surface area contributed by atoms with Crippen LogP contribution in [-0.4, -0.2) is 13.3 Å². The molecule has 0 heterocycles. The Balaban J connectivity index is 1.28. The van der Waals surface area contributed by atoms with Crippen LogP contribution in [0, 0.1) is 0 Å². The largest absolute Gasteiger partial charge is 0.388 e. The van der Waals surface area contributed by atoms with Crippen molar-refractivity contribution in [2.75, 3.05) is 18.6 Å². The number of fused-ring (bicyclic) bond motifs is 3. The lowest BCUT2D eigenvalue weighted by atomic mass is 9.91. The summed E-state index contributed by atoms with van der Waals surface area (Å²) in [6, 6.07) is 32.7. The smallest absolute Gasteiger partial charge is 0.0417 e. The first-order valence-electron chi connectivity index (χ1n) is 18.6. The molecule has 6 rings (SSSR count). The fourth-order valence-electron chi connectivity index (χ4n) is 7.13. The molecule has 0 spiro atoms. The molecule has 5 aromatic rings. The van der Waals surface area contributed by atoms with E-state index >= 15 is 0 Å². The second-order valence-corrected chi connectivity index (χ2v) is 13.9. The van der Waals surface area contributed by atoms with Crippen molar-refractivity contribution in [3.05, 3.63) is 197 Å². The molecular formula is C51H49NS. The van der Waals surface area contributed by atoms with Gasteiger partial charge in [-0.25, -0.2) is 0 Å². The van der Waals surface area contributed by atoms with Crippen LogP contribution in [0.4, 0.5) is 5.69 Å². The zero-order chi connectivity index (χ0) is 37.0. The number of nitrogens with one attached hydrogen (secondary N) is 1. The second-order valence-electron chi connectivity index (χ2n) is 13.0. The predicted octanol–water partition coefficient (Wildman–Crippen LogP) is 14.9. The van der Waals surface area contributed by atoms with Crippen molar-refractivity contribution in [1.29, 1.82) is 0 Å². The third kappa shape index (κ3) is 8.57. The minimum absolute atomic E-state index is 0.818. The molecule has 1 nitrogen and oxygen atoms in total. The molecule has 0 fully saturated rings. The van der Waals surface area contributed by atoms with Crippen LogP contribution < -0.4 is 5.32 Å². The van der Waals surface area contributed by atoms with Crippen LogP contribution in [0.3, 0.4) is 0 Å². The topological polar surface area (TPSA) is 12.0 Å². The molecule has 2 heteroatoms. The molecule has 0 aliphatic heterocycles. The normalized spacial score (nSPS) is 13.8. The highest BCUT2D eigenvalue weighted by Crippen LogP contribution is 2.36. The fraction of sp³-hybridized carbons (Fsp3) is 0.137. The number of anilines is 1. The van der Waals surface area contributed by atoms with Crippen molar-refractivity contribution >= 4 is 62.8 Å². The number of benzene rings is 5. The van der Waals surface area contributed by atoms with Gasteiger partial charge in [-0.15, -0.1) is 11.8 Å². The van der Waals surface area contributed by atoms with Crippen molar-refractivity contribution in [1.82, 2.24) is 0 Å². The third-order valence-corrected chi connectivity index (χ3v) is 10.5. The van der Waals surface area contributed by atoms with Crippen molar-refractivity contribution in [2.24, 2.45) is 0 Å². The van der Waals surface area contributed by atoms with E-state index in [4.69, 9.17) is 0 Å². The molecule has 0 unspecified atom stereocenters. The molecule has 0 radical (unpaired) electrons. The Labute approximate surface area is 320 Å². The molecule has 264 valence electrons. The minimum Gasteiger partial charge on any atom is -0.388 e. The molecule has 0 atom stereocenters. The monoisotopic (exact) mass is 707 g/mol. The molecule has 0 aromatic heterocycles. The van der Waals surface area contributed by atoms with Gasteiger partial charge in [-0.05, 0) is 110 Å². The highest BCUT2D eigenvalue weighted by molar-refractivity contribution is 8.02. The van der Waals surface area contributed by atoms with E-state index in [-0.39, 0.29) is 0 Å². The Morgan fingerprint density at radius 1 is 0.811 bits per heavy atom. The summed E-state index contributed by atoms with van der Waals surface area (Å²) in [5, 5.41) is 8.47. The summed E-state index contributed by atoms with van der Waals surface area (Å²) >= 11 is 1.70. The molecule has 0 saturated carbocycles. The fourth-order valence-corrected chi connectivity index (χ4v) is 7.54. The maximum atomic E-state index is 4.34. The summed E-state index contributed by atoms with van der Waals surface area (Å²) in [6.07, 6.45) is 32.8. The van der Waals surface area contributed by atoms with Gasteiger partial charge in [0.25, 0.3) is 0 Å². The van der Waals surface area contributed by atoms with E-state index in [1.54, 1.807) is 11.8 Å². The van der Waals surface area contributed by atoms with E-state index in [2.05, 4.69) is 189 Å². The van der Waals surface area contributed by atoms with Gasteiger partial charge < -0.3 is 5.32 Å². The Morgan fingerprint density at radius 3 is 2.21 bits per heavy atom. The van der Waals surface area contributed by atoms with Gasteiger partial charge in [-0.3, -0.25) is 0 Å². The lowest BCUT2D eigenvalue weighted by molar-refractivity contribution is 1.02. The van der Waals surface area contributed by atoms with Gasteiger partial charge in [0, 0.05) is 23.2 Å². The third-order valence-electron chi connectivity index (χ3n) is 9.76. The lowest BCUT2D eigenvalue weighted by Crippen LogP contribution is -1.95. The number of allylic oxidation sites excluding steroid dienone is 12. The van der Waals surface area contributed by atoms with Gasteiger partial charge in [0.05, 0.1) is 0 Å². The van der Waals surface area contributed by atoms with Crippen molar-refractivity contribution in [3.8, 4) is 11.1 Å². The van der Waals surface area contributed by atoms with Gasteiger partial charge >= 0.3 is 0 Å². The average Bonchev–Trinajstić information content (AvgIpc) is 3.21. The molecular weight excluding hydrogens is 659 g/mol.